The number of methoxy groups -OCH3 is 1. The molecule has 0 saturated heterocycles. The summed E-state index contributed by atoms with van der Waals surface area (Å²) in [4.78, 5) is 11.3. The zero-order valence-electron chi connectivity index (χ0n) is 11.3. The number of nitrogens with one attached hydrogen (secondary N) is 1. The lowest BCUT2D eigenvalue weighted by Crippen LogP contribution is -2.03. The van der Waals surface area contributed by atoms with E-state index in [0.29, 0.717) is 28.6 Å². The number of carboxylic acid groups (broad SMARTS) is 1. The Labute approximate surface area is 120 Å². The van der Waals surface area contributed by atoms with Crippen LogP contribution in [0.2, 0.25) is 0 Å². The van der Waals surface area contributed by atoms with Gasteiger partial charge in [0.1, 0.15) is 5.75 Å². The van der Waals surface area contributed by atoms with Gasteiger partial charge in [-0.1, -0.05) is 0 Å². The molecule has 0 aromatic heterocycles. The molecule has 0 saturated carbocycles. The molecule has 1 aliphatic heterocycles. The van der Waals surface area contributed by atoms with Gasteiger partial charge in [0.25, 0.3) is 0 Å². The molecule has 6 heteroatoms. The van der Waals surface area contributed by atoms with Crippen LogP contribution in [0.15, 0.2) is 36.4 Å². The van der Waals surface area contributed by atoms with Crippen molar-refractivity contribution in [2.75, 3.05) is 19.2 Å². The number of anilines is 2. The van der Waals surface area contributed by atoms with Gasteiger partial charge in [0, 0.05) is 11.8 Å². The van der Waals surface area contributed by atoms with E-state index in [1.54, 1.807) is 30.3 Å². The summed E-state index contributed by atoms with van der Waals surface area (Å²) in [5.41, 5.74) is 1.32. The van der Waals surface area contributed by atoms with Crippen LogP contribution in [-0.4, -0.2) is 25.0 Å². The van der Waals surface area contributed by atoms with Crippen LogP contribution in [0.3, 0.4) is 0 Å². The first kappa shape index (κ1) is 13.1. The van der Waals surface area contributed by atoms with Crippen LogP contribution >= 0.6 is 0 Å². The van der Waals surface area contributed by atoms with Gasteiger partial charge in [0.05, 0.1) is 18.4 Å². The predicted molar refractivity (Wildman–Crippen MR) is 75.8 cm³/mol. The Hall–Kier alpha value is -2.89. The summed E-state index contributed by atoms with van der Waals surface area (Å²) in [7, 11) is 1.49. The van der Waals surface area contributed by atoms with E-state index in [0.717, 1.165) is 0 Å². The van der Waals surface area contributed by atoms with E-state index in [2.05, 4.69) is 5.32 Å². The second-order valence-electron chi connectivity index (χ2n) is 4.41. The largest absolute Gasteiger partial charge is 0.497 e. The van der Waals surface area contributed by atoms with Crippen molar-refractivity contribution in [3.05, 3.63) is 42.0 Å². The van der Waals surface area contributed by atoms with Crippen molar-refractivity contribution in [2.24, 2.45) is 0 Å². The summed E-state index contributed by atoms with van der Waals surface area (Å²) in [5.74, 6) is 0.764. The van der Waals surface area contributed by atoms with Crippen molar-refractivity contribution < 1.29 is 24.1 Å². The highest BCUT2D eigenvalue weighted by molar-refractivity contribution is 5.95. The van der Waals surface area contributed by atoms with E-state index in [1.807, 2.05) is 0 Å². The standard InChI is InChI=1S/C15H13NO5/c1-19-10-3-4-12(11(7-10)15(17)18)16-9-2-5-13-14(6-9)21-8-20-13/h2-7,16H,8H2,1H3,(H,17,18). The fraction of sp³-hybridized carbons (Fsp3) is 0.133. The van der Waals surface area contributed by atoms with Crippen LogP contribution in [0.25, 0.3) is 0 Å². The first-order valence-corrected chi connectivity index (χ1v) is 6.25. The lowest BCUT2D eigenvalue weighted by molar-refractivity contribution is 0.0697. The molecule has 2 N–H and O–H groups in total. The van der Waals surface area contributed by atoms with Crippen LogP contribution < -0.4 is 19.5 Å². The fourth-order valence-electron chi connectivity index (χ4n) is 2.07. The summed E-state index contributed by atoms with van der Waals surface area (Å²) in [6, 6.07) is 10.2. The summed E-state index contributed by atoms with van der Waals surface area (Å²) in [6.07, 6.45) is 0. The predicted octanol–water partition coefficient (Wildman–Crippen LogP) is 2.87. The van der Waals surface area contributed by atoms with Crippen molar-refractivity contribution in [1.82, 2.24) is 0 Å². The van der Waals surface area contributed by atoms with Gasteiger partial charge in [-0.2, -0.15) is 0 Å². The Balaban J connectivity index is 1.92. The fourth-order valence-corrected chi connectivity index (χ4v) is 2.07. The van der Waals surface area contributed by atoms with Gasteiger partial charge in [-0.25, -0.2) is 4.79 Å². The summed E-state index contributed by atoms with van der Waals surface area (Å²) < 4.78 is 15.6. The molecule has 2 aromatic carbocycles. The molecular formula is C15H13NO5. The van der Waals surface area contributed by atoms with Crippen molar-refractivity contribution in [1.29, 1.82) is 0 Å². The molecular weight excluding hydrogens is 274 g/mol. The number of hydrogen-bond donors (Lipinski definition) is 2. The number of rotatable bonds is 4. The number of carbonyl (C=O) groups is 1. The van der Waals surface area contributed by atoms with Crippen LogP contribution in [0.5, 0.6) is 17.2 Å². The molecule has 2 aromatic rings. The Morgan fingerprint density at radius 2 is 2.00 bits per heavy atom. The number of carboxylic acids is 1. The van der Waals surface area contributed by atoms with Gasteiger partial charge in [0.2, 0.25) is 6.79 Å². The van der Waals surface area contributed by atoms with Crippen molar-refractivity contribution >= 4 is 17.3 Å². The van der Waals surface area contributed by atoms with Crippen molar-refractivity contribution in [3.8, 4) is 17.2 Å². The monoisotopic (exact) mass is 287 g/mol. The minimum Gasteiger partial charge on any atom is -0.497 e. The van der Waals surface area contributed by atoms with Crippen molar-refractivity contribution in [3.63, 3.8) is 0 Å². The van der Waals surface area contributed by atoms with E-state index >= 15 is 0 Å². The first-order valence-electron chi connectivity index (χ1n) is 6.25. The van der Waals surface area contributed by atoms with Crippen LogP contribution in [0, 0.1) is 0 Å². The first-order chi connectivity index (χ1) is 10.2. The lowest BCUT2D eigenvalue weighted by atomic mass is 10.1. The molecule has 108 valence electrons. The Bertz CT molecular complexity index is 698. The minimum absolute atomic E-state index is 0.131. The molecule has 3 rings (SSSR count). The summed E-state index contributed by atoms with van der Waals surface area (Å²) in [5, 5.41) is 12.3. The van der Waals surface area contributed by atoms with Gasteiger partial charge in [-0.15, -0.1) is 0 Å². The van der Waals surface area contributed by atoms with E-state index in [4.69, 9.17) is 14.2 Å². The molecule has 0 aliphatic carbocycles. The molecule has 0 spiro atoms. The molecule has 0 unspecified atom stereocenters. The van der Waals surface area contributed by atoms with Gasteiger partial charge in [-0.3, -0.25) is 0 Å². The van der Waals surface area contributed by atoms with Gasteiger partial charge in [0.15, 0.2) is 11.5 Å². The highest BCUT2D eigenvalue weighted by atomic mass is 16.7. The van der Waals surface area contributed by atoms with E-state index < -0.39 is 5.97 Å². The molecule has 21 heavy (non-hydrogen) atoms. The summed E-state index contributed by atoms with van der Waals surface area (Å²) >= 11 is 0. The lowest BCUT2D eigenvalue weighted by Gasteiger charge is -2.11. The minimum atomic E-state index is -1.03. The second kappa shape index (κ2) is 5.24. The third kappa shape index (κ3) is 2.55. The average Bonchev–Trinajstić information content (AvgIpc) is 2.95. The Kier molecular flexibility index (Phi) is 3.27. The quantitative estimate of drug-likeness (QED) is 0.900. The maximum absolute atomic E-state index is 11.3. The van der Waals surface area contributed by atoms with Gasteiger partial charge < -0.3 is 24.6 Å². The number of ether oxygens (including phenoxy) is 3. The average molecular weight is 287 g/mol. The maximum Gasteiger partial charge on any atom is 0.337 e. The van der Waals surface area contributed by atoms with Crippen LogP contribution in [0.1, 0.15) is 10.4 Å². The zero-order valence-corrected chi connectivity index (χ0v) is 11.3. The number of benzene rings is 2. The molecule has 0 radical (unpaired) electrons. The topological polar surface area (TPSA) is 77.0 Å². The van der Waals surface area contributed by atoms with Crippen LogP contribution in [0.4, 0.5) is 11.4 Å². The van der Waals surface area contributed by atoms with Gasteiger partial charge in [-0.05, 0) is 30.3 Å². The normalized spacial score (nSPS) is 12.0. The Morgan fingerprint density at radius 1 is 1.19 bits per heavy atom. The molecule has 0 amide bonds. The van der Waals surface area contributed by atoms with Crippen LogP contribution in [-0.2, 0) is 0 Å². The van der Waals surface area contributed by atoms with E-state index in [1.165, 1.54) is 13.2 Å². The number of fused-ring (bicyclic) bond motifs is 1. The van der Waals surface area contributed by atoms with E-state index in [9.17, 15) is 9.90 Å². The van der Waals surface area contributed by atoms with Gasteiger partial charge >= 0.3 is 5.97 Å². The third-order valence-corrected chi connectivity index (χ3v) is 3.11. The highest BCUT2D eigenvalue weighted by Gasteiger charge is 2.15. The Morgan fingerprint density at radius 3 is 2.76 bits per heavy atom. The SMILES string of the molecule is COc1ccc(Nc2ccc3c(c2)OCO3)c(C(=O)O)c1. The second-order valence-corrected chi connectivity index (χ2v) is 4.41. The summed E-state index contributed by atoms with van der Waals surface area (Å²) in [6.45, 7) is 0.196. The van der Waals surface area contributed by atoms with Crippen molar-refractivity contribution in [2.45, 2.75) is 0 Å². The van der Waals surface area contributed by atoms with E-state index in [-0.39, 0.29) is 12.4 Å². The number of hydrogen-bond acceptors (Lipinski definition) is 5. The molecule has 1 aliphatic rings. The molecule has 0 fully saturated rings. The zero-order chi connectivity index (χ0) is 14.8. The smallest absolute Gasteiger partial charge is 0.337 e. The third-order valence-electron chi connectivity index (χ3n) is 3.11. The molecule has 1 heterocycles. The highest BCUT2D eigenvalue weighted by Crippen LogP contribution is 2.35. The maximum atomic E-state index is 11.3. The molecule has 0 atom stereocenters. The molecule has 6 nitrogen and oxygen atoms in total. The number of aromatic carboxylic acids is 1. The molecule has 0 bridgehead atoms.